The first kappa shape index (κ1) is 15.6. The Morgan fingerprint density at radius 2 is 2.17 bits per heavy atom. The largest absolute Gasteiger partial charge is 0.391 e. The average Bonchev–Trinajstić information content (AvgIpc) is 2.99. The van der Waals surface area contributed by atoms with Gasteiger partial charge in [0.05, 0.1) is 12.6 Å². The molecule has 0 radical (unpaired) electrons. The number of fused-ring (bicyclic) bond motifs is 1. The molecule has 3 N–H and O–H groups in total. The van der Waals surface area contributed by atoms with E-state index in [9.17, 15) is 14.7 Å². The molecule has 1 aliphatic rings. The molecule has 1 saturated heterocycles. The highest BCUT2D eigenvalue weighted by molar-refractivity contribution is 5.99. The number of nitrogens with zero attached hydrogens (tertiary/aromatic N) is 1. The summed E-state index contributed by atoms with van der Waals surface area (Å²) >= 11 is 0. The first-order valence-corrected chi connectivity index (χ1v) is 7.86. The Morgan fingerprint density at radius 3 is 2.91 bits per heavy atom. The third kappa shape index (κ3) is 3.37. The molecule has 122 valence electrons. The van der Waals surface area contributed by atoms with Gasteiger partial charge in [-0.25, -0.2) is 0 Å². The van der Waals surface area contributed by atoms with Crippen LogP contribution in [-0.2, 0) is 4.79 Å². The number of piperidine rings is 1. The third-order valence-corrected chi connectivity index (χ3v) is 4.45. The molecule has 6 nitrogen and oxygen atoms in total. The molecule has 2 atom stereocenters. The van der Waals surface area contributed by atoms with Crippen LogP contribution in [0.15, 0.2) is 30.3 Å². The molecule has 6 heteroatoms. The molecule has 2 aromatic rings. The van der Waals surface area contributed by atoms with Crippen molar-refractivity contribution < 1.29 is 14.7 Å². The zero-order valence-electron chi connectivity index (χ0n) is 13.1. The number of aliphatic hydroxyl groups excluding tert-OH is 1. The number of aliphatic hydroxyl groups is 1. The number of likely N-dealkylation sites (tertiary alicyclic amines) is 1. The number of aromatic nitrogens is 1. The SMILES string of the molecule is CC1CCN(C(=O)CNC(=O)c2cc3ccccc3[nH]2)CC1O. The molecule has 0 aliphatic carbocycles. The van der Waals surface area contributed by atoms with E-state index in [4.69, 9.17) is 0 Å². The van der Waals surface area contributed by atoms with Crippen molar-refractivity contribution in [1.82, 2.24) is 15.2 Å². The molecule has 2 unspecified atom stereocenters. The van der Waals surface area contributed by atoms with Gasteiger partial charge in [0.25, 0.3) is 5.91 Å². The molecule has 23 heavy (non-hydrogen) atoms. The molecule has 3 rings (SSSR count). The zero-order chi connectivity index (χ0) is 16.4. The van der Waals surface area contributed by atoms with Gasteiger partial charge in [0, 0.05) is 24.0 Å². The van der Waals surface area contributed by atoms with Crippen molar-refractivity contribution in [2.45, 2.75) is 19.4 Å². The summed E-state index contributed by atoms with van der Waals surface area (Å²) in [6, 6.07) is 9.38. The van der Waals surface area contributed by atoms with Gasteiger partial charge >= 0.3 is 0 Å². The van der Waals surface area contributed by atoms with Crippen LogP contribution in [0.3, 0.4) is 0 Å². The van der Waals surface area contributed by atoms with Crippen LogP contribution in [0.4, 0.5) is 0 Å². The van der Waals surface area contributed by atoms with Crippen molar-refractivity contribution in [2.75, 3.05) is 19.6 Å². The van der Waals surface area contributed by atoms with Gasteiger partial charge in [-0.1, -0.05) is 25.1 Å². The maximum atomic E-state index is 12.2. The highest BCUT2D eigenvalue weighted by Crippen LogP contribution is 2.17. The molecule has 0 bridgehead atoms. The van der Waals surface area contributed by atoms with Gasteiger partial charge < -0.3 is 20.3 Å². The molecule has 0 saturated carbocycles. The first-order chi connectivity index (χ1) is 11.0. The lowest BCUT2D eigenvalue weighted by molar-refractivity contribution is -0.134. The summed E-state index contributed by atoms with van der Waals surface area (Å²) in [5.74, 6) is -0.263. The van der Waals surface area contributed by atoms with E-state index in [0.29, 0.717) is 18.8 Å². The third-order valence-electron chi connectivity index (χ3n) is 4.45. The van der Waals surface area contributed by atoms with E-state index < -0.39 is 6.10 Å². The second-order valence-corrected chi connectivity index (χ2v) is 6.13. The van der Waals surface area contributed by atoms with Crippen LogP contribution in [0, 0.1) is 5.92 Å². The minimum Gasteiger partial charge on any atom is -0.391 e. The van der Waals surface area contributed by atoms with Gasteiger partial charge in [-0.05, 0) is 24.5 Å². The maximum Gasteiger partial charge on any atom is 0.268 e. The smallest absolute Gasteiger partial charge is 0.268 e. The molecule has 1 aliphatic heterocycles. The highest BCUT2D eigenvalue weighted by Gasteiger charge is 2.27. The number of aromatic amines is 1. The summed E-state index contributed by atoms with van der Waals surface area (Å²) in [6.07, 6.45) is 0.292. The summed E-state index contributed by atoms with van der Waals surface area (Å²) in [5.41, 5.74) is 1.32. The highest BCUT2D eigenvalue weighted by atomic mass is 16.3. The van der Waals surface area contributed by atoms with Crippen molar-refractivity contribution in [2.24, 2.45) is 5.92 Å². The lowest BCUT2D eigenvalue weighted by Gasteiger charge is -2.34. The van der Waals surface area contributed by atoms with Gasteiger partial charge in [0.15, 0.2) is 0 Å². The second-order valence-electron chi connectivity index (χ2n) is 6.13. The van der Waals surface area contributed by atoms with E-state index in [1.807, 2.05) is 31.2 Å². The number of para-hydroxylation sites is 1. The molecule has 2 heterocycles. The summed E-state index contributed by atoms with van der Waals surface area (Å²) in [5, 5.41) is 13.4. The fourth-order valence-electron chi connectivity index (χ4n) is 2.83. The number of amides is 2. The van der Waals surface area contributed by atoms with Crippen molar-refractivity contribution in [3.8, 4) is 0 Å². The summed E-state index contributed by atoms with van der Waals surface area (Å²) < 4.78 is 0. The number of nitrogens with one attached hydrogen (secondary N) is 2. The van der Waals surface area contributed by atoms with E-state index in [2.05, 4.69) is 10.3 Å². The Hall–Kier alpha value is -2.34. The van der Waals surface area contributed by atoms with Gasteiger partial charge in [0.1, 0.15) is 5.69 Å². The number of β-amino-alcohol motifs (C(OH)–C–C–N with tert-alkyl or cyclic N) is 1. The molecule has 1 aromatic heterocycles. The quantitative estimate of drug-likeness (QED) is 0.793. The Morgan fingerprint density at radius 1 is 1.39 bits per heavy atom. The molecule has 1 aromatic carbocycles. The molecule has 2 amide bonds. The summed E-state index contributed by atoms with van der Waals surface area (Å²) in [4.78, 5) is 28.9. The number of carbonyl (C=O) groups excluding carboxylic acids is 2. The maximum absolute atomic E-state index is 12.2. The molecular weight excluding hydrogens is 294 g/mol. The van der Waals surface area contributed by atoms with Gasteiger partial charge in [-0.3, -0.25) is 9.59 Å². The average molecular weight is 315 g/mol. The van der Waals surface area contributed by atoms with E-state index >= 15 is 0 Å². The fraction of sp³-hybridized carbons (Fsp3) is 0.412. The number of carbonyl (C=O) groups is 2. The number of rotatable bonds is 3. The normalized spacial score (nSPS) is 21.4. The minimum absolute atomic E-state index is 0.0602. The second kappa shape index (κ2) is 6.42. The van der Waals surface area contributed by atoms with Crippen molar-refractivity contribution in [3.63, 3.8) is 0 Å². The van der Waals surface area contributed by atoms with Crippen molar-refractivity contribution in [3.05, 3.63) is 36.0 Å². The Balaban J connectivity index is 1.57. The van der Waals surface area contributed by atoms with Crippen molar-refractivity contribution >= 4 is 22.7 Å². The van der Waals surface area contributed by atoms with Crippen LogP contribution in [0.1, 0.15) is 23.8 Å². The van der Waals surface area contributed by atoms with Crippen molar-refractivity contribution in [1.29, 1.82) is 0 Å². The van der Waals surface area contributed by atoms with Crippen LogP contribution in [0.25, 0.3) is 10.9 Å². The van der Waals surface area contributed by atoms with Crippen LogP contribution in [-0.4, -0.2) is 52.5 Å². The molecule has 0 spiro atoms. The predicted octanol–water partition coefficient (Wildman–Crippen LogP) is 1.13. The van der Waals surface area contributed by atoms with Gasteiger partial charge in [-0.2, -0.15) is 0 Å². The summed E-state index contributed by atoms with van der Waals surface area (Å²) in [6.45, 7) is 2.88. The number of hydrogen-bond acceptors (Lipinski definition) is 3. The van der Waals surface area contributed by atoms with E-state index in [0.717, 1.165) is 17.3 Å². The predicted molar refractivity (Wildman–Crippen MR) is 87.0 cm³/mol. The van der Waals surface area contributed by atoms with E-state index in [1.54, 1.807) is 11.0 Å². The van der Waals surface area contributed by atoms with E-state index in [-0.39, 0.29) is 24.3 Å². The van der Waals surface area contributed by atoms with Crippen LogP contribution < -0.4 is 5.32 Å². The number of H-pyrrole nitrogens is 1. The first-order valence-electron chi connectivity index (χ1n) is 7.86. The topological polar surface area (TPSA) is 85.4 Å². The minimum atomic E-state index is -0.489. The van der Waals surface area contributed by atoms with E-state index in [1.165, 1.54) is 0 Å². The summed E-state index contributed by atoms with van der Waals surface area (Å²) in [7, 11) is 0. The Bertz CT molecular complexity index is 692. The standard InChI is InChI=1S/C17H21N3O3/c1-11-6-7-20(10-15(11)21)16(22)9-18-17(23)14-8-12-4-2-3-5-13(12)19-14/h2-5,8,11,15,19,21H,6-7,9-10H2,1H3,(H,18,23). The Kier molecular flexibility index (Phi) is 4.34. The zero-order valence-corrected chi connectivity index (χ0v) is 13.1. The van der Waals surface area contributed by atoms with Gasteiger partial charge in [-0.15, -0.1) is 0 Å². The molecular formula is C17H21N3O3. The number of hydrogen-bond donors (Lipinski definition) is 3. The van der Waals surface area contributed by atoms with Crippen LogP contribution in [0.2, 0.25) is 0 Å². The lowest BCUT2D eigenvalue weighted by Crippen LogP contribution is -2.49. The van der Waals surface area contributed by atoms with Crippen LogP contribution in [0.5, 0.6) is 0 Å². The lowest BCUT2D eigenvalue weighted by atomic mass is 9.96. The van der Waals surface area contributed by atoms with Gasteiger partial charge in [0.2, 0.25) is 5.91 Å². The Labute approximate surface area is 134 Å². The molecule has 1 fully saturated rings. The number of benzene rings is 1. The van der Waals surface area contributed by atoms with Crippen LogP contribution >= 0.6 is 0 Å². The fourth-order valence-corrected chi connectivity index (χ4v) is 2.83. The monoisotopic (exact) mass is 315 g/mol.